The highest BCUT2D eigenvalue weighted by Crippen LogP contribution is 2.27. The van der Waals surface area contributed by atoms with E-state index in [0.717, 1.165) is 6.42 Å². The third kappa shape index (κ3) is 4.37. The second-order valence-electron chi connectivity index (χ2n) is 4.28. The summed E-state index contributed by atoms with van der Waals surface area (Å²) in [4.78, 5) is 11.9. The van der Waals surface area contributed by atoms with E-state index in [-0.39, 0.29) is 29.8 Å². The van der Waals surface area contributed by atoms with E-state index in [1.807, 2.05) is 6.92 Å². The molecule has 0 spiro atoms. The van der Waals surface area contributed by atoms with Crippen molar-refractivity contribution in [3.8, 4) is 5.75 Å². The molecule has 1 aromatic carbocycles. The van der Waals surface area contributed by atoms with Crippen LogP contribution in [-0.4, -0.2) is 16.6 Å². The van der Waals surface area contributed by atoms with E-state index in [1.54, 1.807) is 13.0 Å². The molecule has 1 atom stereocenters. The Morgan fingerprint density at radius 2 is 2.17 bits per heavy atom. The van der Waals surface area contributed by atoms with E-state index in [2.05, 4.69) is 5.32 Å². The van der Waals surface area contributed by atoms with Crippen LogP contribution >= 0.6 is 24.0 Å². The summed E-state index contributed by atoms with van der Waals surface area (Å²) in [5.41, 5.74) is 5.20. The first-order valence-corrected chi connectivity index (χ1v) is 5.83. The Balaban J connectivity index is 0.00000289. The van der Waals surface area contributed by atoms with Crippen LogP contribution in [0.3, 0.4) is 0 Å². The van der Waals surface area contributed by atoms with Gasteiger partial charge in [0, 0.05) is 5.02 Å². The van der Waals surface area contributed by atoms with Crippen molar-refractivity contribution in [1.82, 2.24) is 0 Å². The molecule has 0 saturated heterocycles. The highest BCUT2D eigenvalue weighted by Gasteiger charge is 2.27. The van der Waals surface area contributed by atoms with Crippen molar-refractivity contribution in [3.63, 3.8) is 0 Å². The Morgan fingerprint density at radius 1 is 1.56 bits per heavy atom. The molecule has 0 aromatic heterocycles. The summed E-state index contributed by atoms with van der Waals surface area (Å²) in [5, 5.41) is 12.6. The Bertz CT molecular complexity index is 423. The van der Waals surface area contributed by atoms with Crippen molar-refractivity contribution in [3.05, 3.63) is 23.2 Å². The molecule has 1 rings (SSSR count). The molecular formula is C12H18Cl2N2O2. The van der Waals surface area contributed by atoms with Gasteiger partial charge in [-0.25, -0.2) is 0 Å². The van der Waals surface area contributed by atoms with Gasteiger partial charge in [0.25, 0.3) is 0 Å². The number of nitrogens with one attached hydrogen (secondary N) is 1. The van der Waals surface area contributed by atoms with Crippen molar-refractivity contribution in [1.29, 1.82) is 0 Å². The predicted octanol–water partition coefficient (Wildman–Crippen LogP) is 2.92. The van der Waals surface area contributed by atoms with Crippen LogP contribution in [0, 0.1) is 0 Å². The van der Waals surface area contributed by atoms with Crippen LogP contribution in [-0.2, 0) is 4.79 Å². The molecule has 0 radical (unpaired) electrons. The second kappa shape index (κ2) is 6.83. The van der Waals surface area contributed by atoms with E-state index < -0.39 is 5.54 Å². The SMILES string of the molecule is CCCC(C)(N)C(=O)Nc1cc(Cl)ccc1O.Cl. The molecular weight excluding hydrogens is 275 g/mol. The predicted molar refractivity (Wildman–Crippen MR) is 76.5 cm³/mol. The van der Waals surface area contributed by atoms with Crippen LogP contribution < -0.4 is 11.1 Å². The number of nitrogens with two attached hydrogens (primary N) is 1. The molecule has 0 fully saturated rings. The molecule has 0 aliphatic carbocycles. The fourth-order valence-electron chi connectivity index (χ4n) is 1.51. The maximum atomic E-state index is 11.9. The van der Waals surface area contributed by atoms with Crippen molar-refractivity contribution in [2.75, 3.05) is 5.32 Å². The van der Waals surface area contributed by atoms with Crippen LogP contribution in [0.2, 0.25) is 5.02 Å². The molecule has 6 heteroatoms. The molecule has 1 amide bonds. The molecule has 0 bridgehead atoms. The van der Waals surface area contributed by atoms with E-state index in [9.17, 15) is 9.90 Å². The van der Waals surface area contributed by atoms with E-state index >= 15 is 0 Å². The lowest BCUT2D eigenvalue weighted by Crippen LogP contribution is -2.48. The Morgan fingerprint density at radius 3 is 2.72 bits per heavy atom. The van der Waals surface area contributed by atoms with Crippen LogP contribution in [0.25, 0.3) is 0 Å². The van der Waals surface area contributed by atoms with Crippen LogP contribution in [0.5, 0.6) is 5.75 Å². The highest BCUT2D eigenvalue weighted by molar-refractivity contribution is 6.31. The van der Waals surface area contributed by atoms with Crippen LogP contribution in [0.4, 0.5) is 5.69 Å². The molecule has 0 saturated carbocycles. The summed E-state index contributed by atoms with van der Waals surface area (Å²) in [6.07, 6.45) is 1.38. The lowest BCUT2D eigenvalue weighted by atomic mass is 9.96. The summed E-state index contributed by atoms with van der Waals surface area (Å²) < 4.78 is 0. The standard InChI is InChI=1S/C12H17ClN2O2.ClH/c1-3-6-12(2,14)11(17)15-9-7-8(13)4-5-10(9)16;/h4-5,7,16H,3,6,14H2,1-2H3,(H,15,17);1H. The number of anilines is 1. The first-order valence-electron chi connectivity index (χ1n) is 5.45. The minimum Gasteiger partial charge on any atom is -0.506 e. The van der Waals surface area contributed by atoms with Gasteiger partial charge in [0.2, 0.25) is 5.91 Å². The second-order valence-corrected chi connectivity index (χ2v) is 4.72. The van der Waals surface area contributed by atoms with Gasteiger partial charge in [0.05, 0.1) is 11.2 Å². The highest BCUT2D eigenvalue weighted by atomic mass is 35.5. The minimum absolute atomic E-state index is 0. The fourth-order valence-corrected chi connectivity index (χ4v) is 1.68. The summed E-state index contributed by atoms with van der Waals surface area (Å²) in [6.45, 7) is 3.61. The summed E-state index contributed by atoms with van der Waals surface area (Å²) in [5.74, 6) is -0.369. The zero-order valence-corrected chi connectivity index (χ0v) is 11.9. The Kier molecular flexibility index (Phi) is 6.46. The summed E-state index contributed by atoms with van der Waals surface area (Å²) in [6, 6.07) is 4.45. The number of halogens is 2. The lowest BCUT2D eigenvalue weighted by molar-refractivity contribution is -0.120. The van der Waals surface area contributed by atoms with Gasteiger partial charge in [0.15, 0.2) is 0 Å². The van der Waals surface area contributed by atoms with Gasteiger partial charge < -0.3 is 16.2 Å². The largest absolute Gasteiger partial charge is 0.506 e. The third-order valence-corrected chi connectivity index (χ3v) is 2.73. The molecule has 1 aromatic rings. The van der Waals surface area contributed by atoms with Gasteiger partial charge in [-0.3, -0.25) is 4.79 Å². The first-order chi connectivity index (χ1) is 7.86. The van der Waals surface area contributed by atoms with Gasteiger partial charge in [-0.05, 0) is 31.5 Å². The maximum absolute atomic E-state index is 11.9. The molecule has 102 valence electrons. The first kappa shape index (κ1) is 17.0. The zero-order chi connectivity index (χ0) is 13.1. The van der Waals surface area contributed by atoms with E-state index in [0.29, 0.717) is 11.4 Å². The molecule has 4 nitrogen and oxygen atoms in total. The molecule has 4 N–H and O–H groups in total. The van der Waals surface area contributed by atoms with Gasteiger partial charge in [-0.15, -0.1) is 12.4 Å². The van der Waals surface area contributed by atoms with Gasteiger partial charge in [-0.2, -0.15) is 0 Å². The number of phenolic OH excluding ortho intramolecular Hbond substituents is 1. The molecule has 18 heavy (non-hydrogen) atoms. The van der Waals surface area contributed by atoms with Gasteiger partial charge in [-0.1, -0.05) is 24.9 Å². The molecule has 0 heterocycles. The average molecular weight is 293 g/mol. The smallest absolute Gasteiger partial charge is 0.244 e. The number of aromatic hydroxyl groups is 1. The lowest BCUT2D eigenvalue weighted by Gasteiger charge is -2.23. The van der Waals surface area contributed by atoms with Gasteiger partial charge >= 0.3 is 0 Å². The minimum atomic E-state index is -0.955. The molecule has 0 aliphatic heterocycles. The summed E-state index contributed by atoms with van der Waals surface area (Å²) in [7, 11) is 0. The number of rotatable bonds is 4. The monoisotopic (exact) mass is 292 g/mol. The zero-order valence-electron chi connectivity index (χ0n) is 10.4. The molecule has 0 aliphatic rings. The number of benzene rings is 1. The number of carbonyl (C=O) groups excluding carboxylic acids is 1. The fraction of sp³-hybridized carbons (Fsp3) is 0.417. The molecule has 1 unspecified atom stereocenters. The van der Waals surface area contributed by atoms with Crippen molar-refractivity contribution >= 4 is 35.6 Å². The van der Waals surface area contributed by atoms with Crippen LogP contribution in [0.1, 0.15) is 26.7 Å². The number of hydrogen-bond donors (Lipinski definition) is 3. The van der Waals surface area contributed by atoms with E-state index in [4.69, 9.17) is 17.3 Å². The topological polar surface area (TPSA) is 75.4 Å². The average Bonchev–Trinajstić information content (AvgIpc) is 2.23. The summed E-state index contributed by atoms with van der Waals surface area (Å²) >= 11 is 5.78. The number of carbonyl (C=O) groups is 1. The van der Waals surface area contributed by atoms with Crippen molar-refractivity contribution < 1.29 is 9.90 Å². The quantitative estimate of drug-likeness (QED) is 0.747. The Labute approximate surface area is 118 Å². The normalized spacial score (nSPS) is 13.3. The maximum Gasteiger partial charge on any atom is 0.244 e. The van der Waals surface area contributed by atoms with Gasteiger partial charge in [0.1, 0.15) is 5.75 Å². The number of hydrogen-bond acceptors (Lipinski definition) is 3. The van der Waals surface area contributed by atoms with Crippen molar-refractivity contribution in [2.24, 2.45) is 5.73 Å². The number of phenols is 1. The Hall–Kier alpha value is -0.970. The van der Waals surface area contributed by atoms with Crippen LogP contribution in [0.15, 0.2) is 18.2 Å². The van der Waals surface area contributed by atoms with Crippen molar-refractivity contribution in [2.45, 2.75) is 32.2 Å². The van der Waals surface area contributed by atoms with E-state index in [1.165, 1.54) is 12.1 Å². The number of amides is 1. The third-order valence-electron chi connectivity index (χ3n) is 2.49.